The van der Waals surface area contributed by atoms with Gasteiger partial charge >= 0.3 is 0 Å². The van der Waals surface area contributed by atoms with E-state index in [-0.39, 0.29) is 0 Å². The van der Waals surface area contributed by atoms with Gasteiger partial charge in [-0.1, -0.05) is 44.2 Å². The van der Waals surface area contributed by atoms with E-state index in [0.29, 0.717) is 5.41 Å². The average Bonchev–Trinajstić information content (AvgIpc) is 3.09. The number of hydrogen-bond donors (Lipinski definition) is 0. The second-order valence-corrected chi connectivity index (χ2v) is 6.56. The Morgan fingerprint density at radius 3 is 2.65 bits per heavy atom. The van der Waals surface area contributed by atoms with Crippen LogP contribution in [0, 0.1) is 5.41 Å². The number of nitrogens with zero attached hydrogens (tertiary/aromatic N) is 1. The van der Waals surface area contributed by atoms with Crippen molar-refractivity contribution >= 4 is 0 Å². The van der Waals surface area contributed by atoms with Crippen LogP contribution in [-0.2, 0) is 0 Å². The Bertz CT molecular complexity index is 382. The summed E-state index contributed by atoms with van der Waals surface area (Å²) in [4.78, 5) is 2.74. The Labute approximate surface area is 105 Å². The fraction of sp³-hybridized carbons (Fsp3) is 0.625. The molecule has 2 atom stereocenters. The predicted octanol–water partition coefficient (Wildman–Crippen LogP) is 3.66. The molecule has 1 saturated heterocycles. The van der Waals surface area contributed by atoms with Crippen molar-refractivity contribution in [2.45, 2.75) is 45.1 Å². The number of rotatable bonds is 2. The van der Waals surface area contributed by atoms with Crippen LogP contribution in [0.25, 0.3) is 0 Å². The molecule has 1 aliphatic heterocycles. The van der Waals surface area contributed by atoms with Gasteiger partial charge in [0.1, 0.15) is 0 Å². The summed E-state index contributed by atoms with van der Waals surface area (Å²) < 4.78 is 0. The lowest BCUT2D eigenvalue weighted by Gasteiger charge is -2.38. The SMILES string of the molecule is CC1(C)CCCN(C2CC2c2ccccc2)C1. The van der Waals surface area contributed by atoms with Crippen LogP contribution in [0.4, 0.5) is 0 Å². The van der Waals surface area contributed by atoms with E-state index in [9.17, 15) is 0 Å². The van der Waals surface area contributed by atoms with E-state index in [0.717, 1.165) is 12.0 Å². The summed E-state index contributed by atoms with van der Waals surface area (Å²) in [6.07, 6.45) is 4.15. The van der Waals surface area contributed by atoms with Gasteiger partial charge in [-0.25, -0.2) is 0 Å². The van der Waals surface area contributed by atoms with Gasteiger partial charge in [0, 0.05) is 18.5 Å². The van der Waals surface area contributed by atoms with E-state index < -0.39 is 0 Å². The summed E-state index contributed by atoms with van der Waals surface area (Å²) in [5.41, 5.74) is 2.07. The largest absolute Gasteiger partial charge is 0.299 e. The molecule has 0 bridgehead atoms. The number of piperidine rings is 1. The number of likely N-dealkylation sites (tertiary alicyclic amines) is 1. The summed E-state index contributed by atoms with van der Waals surface area (Å²) >= 11 is 0. The lowest BCUT2D eigenvalue weighted by Crippen LogP contribution is -2.41. The normalized spacial score (nSPS) is 32.4. The molecule has 0 amide bonds. The molecule has 2 aliphatic rings. The van der Waals surface area contributed by atoms with E-state index >= 15 is 0 Å². The molecule has 1 aliphatic carbocycles. The van der Waals surface area contributed by atoms with Crippen molar-refractivity contribution in [1.29, 1.82) is 0 Å². The number of benzene rings is 1. The highest BCUT2D eigenvalue weighted by Crippen LogP contribution is 2.46. The lowest BCUT2D eigenvalue weighted by atomic mass is 9.84. The van der Waals surface area contributed by atoms with Gasteiger partial charge in [-0.3, -0.25) is 4.90 Å². The molecule has 0 N–H and O–H groups in total. The highest BCUT2D eigenvalue weighted by atomic mass is 15.2. The second kappa shape index (κ2) is 4.13. The summed E-state index contributed by atoms with van der Waals surface area (Å²) in [6.45, 7) is 7.44. The first-order valence-electron chi connectivity index (χ1n) is 6.95. The molecule has 2 unspecified atom stereocenters. The lowest BCUT2D eigenvalue weighted by molar-refractivity contribution is 0.109. The molecule has 1 heteroatoms. The zero-order valence-corrected chi connectivity index (χ0v) is 11.0. The van der Waals surface area contributed by atoms with E-state index in [1.807, 2.05) is 0 Å². The van der Waals surface area contributed by atoms with Gasteiger partial charge < -0.3 is 0 Å². The zero-order chi connectivity index (χ0) is 11.9. The summed E-state index contributed by atoms with van der Waals surface area (Å²) in [7, 11) is 0. The minimum Gasteiger partial charge on any atom is -0.299 e. The van der Waals surface area contributed by atoms with Crippen molar-refractivity contribution in [2.75, 3.05) is 13.1 Å². The molecule has 0 aromatic heterocycles. The van der Waals surface area contributed by atoms with Crippen molar-refractivity contribution < 1.29 is 0 Å². The van der Waals surface area contributed by atoms with Crippen LogP contribution in [0.3, 0.4) is 0 Å². The second-order valence-electron chi connectivity index (χ2n) is 6.56. The standard InChI is InChI=1S/C16H23N/c1-16(2)9-6-10-17(12-16)15-11-14(15)13-7-4-3-5-8-13/h3-5,7-8,14-15H,6,9-12H2,1-2H3. The highest BCUT2D eigenvalue weighted by molar-refractivity contribution is 5.28. The monoisotopic (exact) mass is 229 g/mol. The maximum Gasteiger partial charge on any atom is 0.0171 e. The van der Waals surface area contributed by atoms with Gasteiger partial charge in [-0.2, -0.15) is 0 Å². The third-order valence-electron chi connectivity index (χ3n) is 4.38. The van der Waals surface area contributed by atoms with E-state index in [1.54, 1.807) is 5.56 Å². The van der Waals surface area contributed by atoms with Crippen molar-refractivity contribution in [2.24, 2.45) is 5.41 Å². The molecule has 92 valence electrons. The molecule has 3 rings (SSSR count). The number of hydrogen-bond acceptors (Lipinski definition) is 1. The Balaban J connectivity index is 1.65. The quantitative estimate of drug-likeness (QED) is 0.748. The molecular formula is C16H23N. The van der Waals surface area contributed by atoms with Crippen molar-refractivity contribution in [3.8, 4) is 0 Å². The summed E-state index contributed by atoms with van der Waals surface area (Å²) in [5, 5.41) is 0. The highest BCUT2D eigenvalue weighted by Gasteiger charge is 2.44. The maximum absolute atomic E-state index is 2.74. The minimum atomic E-state index is 0.530. The topological polar surface area (TPSA) is 3.24 Å². The summed E-state index contributed by atoms with van der Waals surface area (Å²) in [5.74, 6) is 0.810. The Morgan fingerprint density at radius 1 is 1.18 bits per heavy atom. The van der Waals surface area contributed by atoms with E-state index in [4.69, 9.17) is 0 Å². The van der Waals surface area contributed by atoms with Gasteiger partial charge in [0.25, 0.3) is 0 Å². The molecule has 1 heterocycles. The molecule has 17 heavy (non-hydrogen) atoms. The van der Waals surface area contributed by atoms with Crippen LogP contribution in [0.15, 0.2) is 30.3 Å². The Kier molecular flexibility index (Phi) is 2.74. The minimum absolute atomic E-state index is 0.530. The van der Waals surface area contributed by atoms with Crippen LogP contribution in [0.2, 0.25) is 0 Å². The molecular weight excluding hydrogens is 206 g/mol. The molecule has 0 spiro atoms. The van der Waals surface area contributed by atoms with E-state index in [2.05, 4.69) is 49.1 Å². The van der Waals surface area contributed by atoms with Crippen molar-refractivity contribution in [3.63, 3.8) is 0 Å². The fourth-order valence-corrected chi connectivity index (χ4v) is 3.40. The fourth-order valence-electron chi connectivity index (χ4n) is 3.40. The molecule has 2 fully saturated rings. The molecule has 1 aromatic carbocycles. The van der Waals surface area contributed by atoms with Gasteiger partial charge in [-0.05, 0) is 36.8 Å². The van der Waals surface area contributed by atoms with Crippen LogP contribution >= 0.6 is 0 Å². The van der Waals surface area contributed by atoms with Gasteiger partial charge in [0.15, 0.2) is 0 Å². The first-order chi connectivity index (χ1) is 8.16. The van der Waals surface area contributed by atoms with Crippen LogP contribution in [-0.4, -0.2) is 24.0 Å². The Morgan fingerprint density at radius 2 is 1.94 bits per heavy atom. The molecule has 1 nitrogen and oxygen atoms in total. The van der Waals surface area contributed by atoms with Crippen LogP contribution in [0.1, 0.15) is 44.6 Å². The predicted molar refractivity (Wildman–Crippen MR) is 72.2 cm³/mol. The van der Waals surface area contributed by atoms with Crippen molar-refractivity contribution in [3.05, 3.63) is 35.9 Å². The third-order valence-corrected chi connectivity index (χ3v) is 4.38. The summed E-state index contributed by atoms with van der Waals surface area (Å²) in [6, 6.07) is 11.9. The smallest absolute Gasteiger partial charge is 0.0171 e. The average molecular weight is 229 g/mol. The molecule has 1 saturated carbocycles. The zero-order valence-electron chi connectivity index (χ0n) is 11.0. The van der Waals surface area contributed by atoms with Gasteiger partial charge in [-0.15, -0.1) is 0 Å². The molecule has 0 radical (unpaired) electrons. The first kappa shape index (κ1) is 11.3. The molecule has 1 aromatic rings. The Hall–Kier alpha value is -0.820. The van der Waals surface area contributed by atoms with Crippen LogP contribution < -0.4 is 0 Å². The maximum atomic E-state index is 2.74. The third kappa shape index (κ3) is 2.40. The van der Waals surface area contributed by atoms with Gasteiger partial charge in [0.2, 0.25) is 0 Å². The van der Waals surface area contributed by atoms with Gasteiger partial charge in [0.05, 0.1) is 0 Å². The van der Waals surface area contributed by atoms with Crippen molar-refractivity contribution in [1.82, 2.24) is 4.90 Å². The van der Waals surface area contributed by atoms with E-state index in [1.165, 1.54) is 32.4 Å². The first-order valence-corrected chi connectivity index (χ1v) is 6.95. The van der Waals surface area contributed by atoms with Crippen LogP contribution in [0.5, 0.6) is 0 Å².